The van der Waals surface area contributed by atoms with Gasteiger partial charge in [-0.25, -0.2) is 4.98 Å². The third kappa shape index (κ3) is 3.44. The molecule has 1 aliphatic rings. The molecule has 5 heteroatoms. The quantitative estimate of drug-likeness (QED) is 0.854. The van der Waals surface area contributed by atoms with E-state index in [1.807, 2.05) is 17.0 Å². The summed E-state index contributed by atoms with van der Waals surface area (Å²) in [5.41, 5.74) is 6.77. The molecule has 0 radical (unpaired) electrons. The Hall–Kier alpha value is -1.62. The number of nitrogens with two attached hydrogens (primary N) is 1. The number of amides is 1. The van der Waals surface area contributed by atoms with E-state index >= 15 is 0 Å². The van der Waals surface area contributed by atoms with E-state index in [2.05, 4.69) is 4.98 Å². The normalized spacial score (nSPS) is 16.4. The summed E-state index contributed by atoms with van der Waals surface area (Å²) in [5.74, 6) is 0.614. The van der Waals surface area contributed by atoms with E-state index in [0.29, 0.717) is 18.8 Å². The lowest BCUT2D eigenvalue weighted by molar-refractivity contribution is -0.134. The van der Waals surface area contributed by atoms with E-state index < -0.39 is 0 Å². The van der Waals surface area contributed by atoms with Crippen molar-refractivity contribution in [1.29, 1.82) is 0 Å². The molecule has 1 atom stereocenters. The first-order valence-corrected chi connectivity index (χ1v) is 6.72. The van der Waals surface area contributed by atoms with Gasteiger partial charge in [0, 0.05) is 31.9 Å². The van der Waals surface area contributed by atoms with E-state index in [1.54, 1.807) is 13.3 Å². The Balaban J connectivity index is 1.99. The van der Waals surface area contributed by atoms with Crippen LogP contribution in [0.3, 0.4) is 0 Å². The molecular weight excluding hydrogens is 242 g/mol. The molecule has 2 heterocycles. The highest BCUT2D eigenvalue weighted by Crippen LogP contribution is 2.16. The Labute approximate surface area is 113 Å². The number of nitrogens with zero attached hydrogens (tertiary/aromatic N) is 2. The molecule has 1 unspecified atom stereocenters. The Morgan fingerprint density at radius 3 is 2.74 bits per heavy atom. The number of pyridine rings is 1. The van der Waals surface area contributed by atoms with E-state index in [4.69, 9.17) is 10.5 Å². The maximum atomic E-state index is 12.3. The maximum absolute atomic E-state index is 12.3. The first-order chi connectivity index (χ1) is 9.24. The summed E-state index contributed by atoms with van der Waals surface area (Å²) >= 11 is 0. The standard InChI is InChI=1S/C14H21N3O2/c1-19-13-5-4-11(10-16-13)8-12(9-15)14(18)17-6-2-3-7-17/h4-5,10,12H,2-3,6-9,15H2,1H3. The average molecular weight is 263 g/mol. The molecule has 0 aliphatic carbocycles. The van der Waals surface area contributed by atoms with Crippen LogP contribution in [0.1, 0.15) is 18.4 Å². The summed E-state index contributed by atoms with van der Waals surface area (Å²) in [6.45, 7) is 2.12. The molecule has 0 aromatic carbocycles. The van der Waals surface area contributed by atoms with Crippen molar-refractivity contribution in [3.8, 4) is 5.88 Å². The lowest BCUT2D eigenvalue weighted by Gasteiger charge is -2.22. The molecule has 0 spiro atoms. The second-order valence-electron chi connectivity index (χ2n) is 4.88. The summed E-state index contributed by atoms with van der Waals surface area (Å²) in [5, 5.41) is 0. The number of hydrogen-bond acceptors (Lipinski definition) is 4. The topological polar surface area (TPSA) is 68.5 Å². The van der Waals surface area contributed by atoms with Crippen LogP contribution in [0.25, 0.3) is 0 Å². The monoisotopic (exact) mass is 263 g/mol. The lowest BCUT2D eigenvalue weighted by Crippen LogP contribution is -2.38. The van der Waals surface area contributed by atoms with Gasteiger partial charge in [-0.15, -0.1) is 0 Å². The zero-order valence-electron chi connectivity index (χ0n) is 11.3. The van der Waals surface area contributed by atoms with Crippen molar-refractivity contribution in [3.05, 3.63) is 23.9 Å². The highest BCUT2D eigenvalue weighted by Gasteiger charge is 2.25. The van der Waals surface area contributed by atoms with E-state index in [9.17, 15) is 4.79 Å². The van der Waals surface area contributed by atoms with Gasteiger partial charge in [0.25, 0.3) is 0 Å². The third-order valence-corrected chi connectivity index (χ3v) is 3.54. The van der Waals surface area contributed by atoms with Crippen molar-refractivity contribution in [2.24, 2.45) is 11.7 Å². The smallest absolute Gasteiger partial charge is 0.227 e. The molecule has 0 bridgehead atoms. The predicted molar refractivity (Wildman–Crippen MR) is 72.9 cm³/mol. The van der Waals surface area contributed by atoms with Gasteiger partial charge in [0.05, 0.1) is 13.0 Å². The fraction of sp³-hybridized carbons (Fsp3) is 0.571. The van der Waals surface area contributed by atoms with Gasteiger partial charge < -0.3 is 15.4 Å². The molecule has 19 heavy (non-hydrogen) atoms. The van der Waals surface area contributed by atoms with Crippen LogP contribution in [0.15, 0.2) is 18.3 Å². The van der Waals surface area contributed by atoms with Gasteiger partial charge in [-0.05, 0) is 24.8 Å². The number of ether oxygens (including phenoxy) is 1. The van der Waals surface area contributed by atoms with Crippen LogP contribution < -0.4 is 10.5 Å². The van der Waals surface area contributed by atoms with Crippen LogP contribution in [0.4, 0.5) is 0 Å². The SMILES string of the molecule is COc1ccc(CC(CN)C(=O)N2CCCC2)cn1. The van der Waals surface area contributed by atoms with Crippen LogP contribution >= 0.6 is 0 Å². The molecule has 1 fully saturated rings. The van der Waals surface area contributed by atoms with Gasteiger partial charge in [0.1, 0.15) is 0 Å². The highest BCUT2D eigenvalue weighted by molar-refractivity contribution is 5.79. The fourth-order valence-electron chi connectivity index (χ4n) is 2.40. The summed E-state index contributed by atoms with van der Waals surface area (Å²) in [4.78, 5) is 18.4. The molecule has 5 nitrogen and oxygen atoms in total. The molecule has 104 valence electrons. The number of hydrogen-bond donors (Lipinski definition) is 1. The maximum Gasteiger partial charge on any atom is 0.227 e. The molecular formula is C14H21N3O2. The minimum atomic E-state index is -0.145. The van der Waals surface area contributed by atoms with Gasteiger partial charge in [0.2, 0.25) is 11.8 Å². The number of aromatic nitrogens is 1. The van der Waals surface area contributed by atoms with Gasteiger partial charge in [0.15, 0.2) is 0 Å². The lowest BCUT2D eigenvalue weighted by atomic mass is 9.99. The Kier molecular flexibility index (Phi) is 4.74. The second kappa shape index (κ2) is 6.52. The third-order valence-electron chi connectivity index (χ3n) is 3.54. The van der Waals surface area contributed by atoms with Gasteiger partial charge in [-0.1, -0.05) is 6.07 Å². The average Bonchev–Trinajstić information content (AvgIpc) is 2.99. The minimum Gasteiger partial charge on any atom is -0.481 e. The van der Waals surface area contributed by atoms with Gasteiger partial charge >= 0.3 is 0 Å². The summed E-state index contributed by atoms with van der Waals surface area (Å²) in [7, 11) is 1.58. The molecule has 1 amide bonds. The molecule has 2 rings (SSSR count). The number of likely N-dealkylation sites (tertiary alicyclic amines) is 1. The van der Waals surface area contributed by atoms with Crippen LogP contribution in [0, 0.1) is 5.92 Å². The summed E-state index contributed by atoms with van der Waals surface area (Å²) in [6, 6.07) is 3.75. The van der Waals surface area contributed by atoms with E-state index in [0.717, 1.165) is 31.5 Å². The van der Waals surface area contributed by atoms with E-state index in [1.165, 1.54) is 0 Å². The van der Waals surface area contributed by atoms with Crippen molar-refractivity contribution in [2.45, 2.75) is 19.3 Å². The Morgan fingerprint density at radius 2 is 2.21 bits per heavy atom. The first kappa shape index (κ1) is 13.8. The van der Waals surface area contributed by atoms with Crippen LogP contribution in [-0.2, 0) is 11.2 Å². The second-order valence-corrected chi connectivity index (χ2v) is 4.88. The largest absolute Gasteiger partial charge is 0.481 e. The zero-order chi connectivity index (χ0) is 13.7. The first-order valence-electron chi connectivity index (χ1n) is 6.72. The number of methoxy groups -OCH3 is 1. The van der Waals surface area contributed by atoms with Crippen molar-refractivity contribution in [3.63, 3.8) is 0 Å². The molecule has 0 saturated carbocycles. The van der Waals surface area contributed by atoms with Crippen LogP contribution in [0.2, 0.25) is 0 Å². The Morgan fingerprint density at radius 1 is 1.47 bits per heavy atom. The number of carbonyl (C=O) groups excluding carboxylic acids is 1. The number of rotatable bonds is 5. The van der Waals surface area contributed by atoms with Crippen molar-refractivity contribution < 1.29 is 9.53 Å². The van der Waals surface area contributed by atoms with E-state index in [-0.39, 0.29) is 11.8 Å². The fourth-order valence-corrected chi connectivity index (χ4v) is 2.40. The van der Waals surface area contributed by atoms with Crippen molar-refractivity contribution >= 4 is 5.91 Å². The minimum absolute atomic E-state index is 0.145. The summed E-state index contributed by atoms with van der Waals surface area (Å²) in [6.07, 6.45) is 4.60. The molecule has 1 aliphatic heterocycles. The molecule has 1 aromatic rings. The van der Waals surface area contributed by atoms with Gasteiger partial charge in [-0.2, -0.15) is 0 Å². The molecule has 1 saturated heterocycles. The van der Waals surface area contributed by atoms with Crippen LogP contribution in [0.5, 0.6) is 5.88 Å². The van der Waals surface area contributed by atoms with Crippen molar-refractivity contribution in [2.75, 3.05) is 26.7 Å². The zero-order valence-corrected chi connectivity index (χ0v) is 11.3. The van der Waals surface area contributed by atoms with Gasteiger partial charge in [-0.3, -0.25) is 4.79 Å². The van der Waals surface area contributed by atoms with Crippen LogP contribution in [-0.4, -0.2) is 42.5 Å². The summed E-state index contributed by atoms with van der Waals surface area (Å²) < 4.78 is 5.02. The Bertz CT molecular complexity index is 413. The van der Waals surface area contributed by atoms with Crippen molar-refractivity contribution in [1.82, 2.24) is 9.88 Å². The number of carbonyl (C=O) groups is 1. The predicted octanol–water partition coefficient (Wildman–Crippen LogP) is 0.830. The molecule has 1 aromatic heterocycles. The molecule has 2 N–H and O–H groups in total. The highest BCUT2D eigenvalue weighted by atomic mass is 16.5.